The summed E-state index contributed by atoms with van der Waals surface area (Å²) in [6.45, 7) is 2.38. The van der Waals surface area contributed by atoms with E-state index in [0.717, 1.165) is 16.9 Å². The highest BCUT2D eigenvalue weighted by Crippen LogP contribution is 2.18. The molecule has 0 atom stereocenters. The molecular formula is C22H20N6O. The third kappa shape index (κ3) is 4.30. The first kappa shape index (κ1) is 18.4. The van der Waals surface area contributed by atoms with Crippen LogP contribution in [0.15, 0.2) is 79.0 Å². The molecule has 1 amide bonds. The van der Waals surface area contributed by atoms with Gasteiger partial charge in [0, 0.05) is 11.8 Å². The highest BCUT2D eigenvalue weighted by molar-refractivity contribution is 6.04. The van der Waals surface area contributed by atoms with E-state index in [4.69, 9.17) is 0 Å². The zero-order chi connectivity index (χ0) is 20.1. The number of hydrogen-bond acceptors (Lipinski definition) is 5. The van der Waals surface area contributed by atoms with E-state index in [-0.39, 0.29) is 11.9 Å². The molecule has 2 heterocycles. The maximum absolute atomic E-state index is 12.6. The molecule has 0 aliphatic heterocycles. The summed E-state index contributed by atoms with van der Waals surface area (Å²) in [5.41, 5.74) is 3.19. The Morgan fingerprint density at radius 1 is 0.966 bits per heavy atom. The Morgan fingerprint density at radius 2 is 1.72 bits per heavy atom. The minimum absolute atomic E-state index is 0.227. The number of carbonyl (C=O) groups excluding carboxylic acids is 1. The molecule has 0 unspecified atom stereocenters. The molecule has 29 heavy (non-hydrogen) atoms. The lowest BCUT2D eigenvalue weighted by atomic mass is 10.1. The molecule has 0 saturated heterocycles. The van der Waals surface area contributed by atoms with Crippen LogP contribution in [0.25, 0.3) is 5.69 Å². The van der Waals surface area contributed by atoms with Crippen molar-refractivity contribution in [2.75, 3.05) is 10.6 Å². The summed E-state index contributed by atoms with van der Waals surface area (Å²) in [5.74, 6) is 0.497. The Balaban J connectivity index is 1.60. The van der Waals surface area contributed by atoms with Crippen molar-refractivity contribution >= 4 is 17.8 Å². The maximum atomic E-state index is 12.6. The van der Waals surface area contributed by atoms with Gasteiger partial charge in [-0.3, -0.25) is 15.1 Å². The van der Waals surface area contributed by atoms with Crippen molar-refractivity contribution in [3.8, 4) is 5.69 Å². The van der Waals surface area contributed by atoms with Crippen LogP contribution in [0.1, 0.15) is 21.6 Å². The number of amides is 1. The van der Waals surface area contributed by atoms with Gasteiger partial charge in [0.2, 0.25) is 5.95 Å². The smallest absolute Gasteiger partial charge is 0.258 e. The number of hydrogen-bond donors (Lipinski definition) is 2. The van der Waals surface area contributed by atoms with Crippen molar-refractivity contribution in [2.24, 2.45) is 0 Å². The van der Waals surface area contributed by atoms with E-state index in [9.17, 15) is 4.79 Å². The molecule has 0 aliphatic rings. The van der Waals surface area contributed by atoms with Crippen LogP contribution in [-0.4, -0.2) is 25.7 Å². The van der Waals surface area contributed by atoms with E-state index in [2.05, 4.69) is 25.7 Å². The quantitative estimate of drug-likeness (QED) is 0.528. The third-order valence-electron chi connectivity index (χ3n) is 4.38. The molecule has 7 nitrogen and oxygen atoms in total. The first-order chi connectivity index (χ1) is 14.2. The van der Waals surface area contributed by atoms with Crippen LogP contribution in [0.3, 0.4) is 0 Å². The molecule has 0 saturated carbocycles. The molecule has 7 heteroatoms. The number of carbonyl (C=O) groups is 1. The standard InChI is InChI=1S/C22H20N6O/c1-16-9-5-6-13-19(16)20(29)25-21-26-22(24-15-17-10-7-8-14-23-17)28(27-21)18-11-3-2-4-12-18/h2-14H,15H2,1H3,(H2,24,25,26,27,29). The van der Waals surface area contributed by atoms with Crippen LogP contribution in [-0.2, 0) is 6.54 Å². The normalized spacial score (nSPS) is 10.5. The Bertz CT molecular complexity index is 1110. The number of pyridine rings is 1. The fraction of sp³-hybridized carbons (Fsp3) is 0.0909. The van der Waals surface area contributed by atoms with E-state index in [1.165, 1.54) is 0 Å². The van der Waals surface area contributed by atoms with Crippen LogP contribution >= 0.6 is 0 Å². The molecule has 0 fully saturated rings. The molecule has 0 aliphatic carbocycles. The summed E-state index contributed by atoms with van der Waals surface area (Å²) >= 11 is 0. The summed E-state index contributed by atoms with van der Waals surface area (Å²) < 4.78 is 1.66. The number of nitrogens with one attached hydrogen (secondary N) is 2. The summed E-state index contributed by atoms with van der Waals surface area (Å²) in [4.78, 5) is 21.4. The highest BCUT2D eigenvalue weighted by atomic mass is 16.1. The summed E-state index contributed by atoms with van der Waals surface area (Å²) in [5, 5.41) is 10.5. The Hall–Kier alpha value is -4.00. The first-order valence-corrected chi connectivity index (χ1v) is 9.24. The van der Waals surface area contributed by atoms with Crippen molar-refractivity contribution in [1.29, 1.82) is 0 Å². The molecule has 2 N–H and O–H groups in total. The van der Waals surface area contributed by atoms with Crippen molar-refractivity contribution in [3.63, 3.8) is 0 Å². The largest absolute Gasteiger partial charge is 0.348 e. The van der Waals surface area contributed by atoms with Crippen molar-refractivity contribution in [1.82, 2.24) is 19.7 Å². The predicted molar refractivity (Wildman–Crippen MR) is 112 cm³/mol. The van der Waals surface area contributed by atoms with E-state index in [1.54, 1.807) is 16.9 Å². The van der Waals surface area contributed by atoms with Gasteiger partial charge in [0.05, 0.1) is 17.9 Å². The van der Waals surface area contributed by atoms with Crippen molar-refractivity contribution in [2.45, 2.75) is 13.5 Å². The Labute approximate surface area is 168 Å². The topological polar surface area (TPSA) is 84.7 Å². The monoisotopic (exact) mass is 384 g/mol. The highest BCUT2D eigenvalue weighted by Gasteiger charge is 2.15. The molecule has 4 rings (SSSR count). The van der Waals surface area contributed by atoms with Crippen molar-refractivity contribution < 1.29 is 4.79 Å². The third-order valence-corrected chi connectivity index (χ3v) is 4.38. The number of para-hydroxylation sites is 1. The molecule has 2 aromatic heterocycles. The van der Waals surface area contributed by atoms with Gasteiger partial charge in [-0.15, -0.1) is 5.10 Å². The van der Waals surface area contributed by atoms with E-state index in [1.807, 2.05) is 73.7 Å². The number of nitrogens with zero attached hydrogens (tertiary/aromatic N) is 4. The number of aryl methyl sites for hydroxylation is 1. The van der Waals surface area contributed by atoms with Gasteiger partial charge in [0.15, 0.2) is 0 Å². The summed E-state index contributed by atoms with van der Waals surface area (Å²) in [6, 6.07) is 22.8. The molecular weight excluding hydrogens is 364 g/mol. The van der Waals surface area contributed by atoms with Crippen LogP contribution in [0, 0.1) is 6.92 Å². The van der Waals surface area contributed by atoms with Crippen molar-refractivity contribution in [3.05, 3.63) is 95.8 Å². The average Bonchev–Trinajstić information content (AvgIpc) is 3.16. The Morgan fingerprint density at radius 3 is 2.48 bits per heavy atom. The summed E-state index contributed by atoms with van der Waals surface area (Å²) in [7, 11) is 0. The van der Waals surface area contributed by atoms with Crippen LogP contribution in [0.4, 0.5) is 11.9 Å². The van der Waals surface area contributed by atoms with Crippen LogP contribution in [0.2, 0.25) is 0 Å². The number of rotatable bonds is 6. The van der Waals surface area contributed by atoms with Gasteiger partial charge in [-0.25, -0.2) is 0 Å². The van der Waals surface area contributed by atoms with Gasteiger partial charge in [-0.2, -0.15) is 9.67 Å². The molecule has 0 bridgehead atoms. The SMILES string of the molecule is Cc1ccccc1C(=O)Nc1nc(NCc2ccccn2)n(-c2ccccc2)n1. The molecule has 144 valence electrons. The second-order valence-corrected chi connectivity index (χ2v) is 6.45. The number of anilines is 2. The van der Waals surface area contributed by atoms with Gasteiger partial charge in [-0.1, -0.05) is 42.5 Å². The molecule has 0 radical (unpaired) electrons. The summed E-state index contributed by atoms with van der Waals surface area (Å²) in [6.07, 6.45) is 1.74. The molecule has 2 aromatic carbocycles. The van der Waals surface area contributed by atoms with E-state index < -0.39 is 0 Å². The fourth-order valence-electron chi connectivity index (χ4n) is 2.90. The Kier molecular flexibility index (Phi) is 5.29. The lowest BCUT2D eigenvalue weighted by Gasteiger charge is -2.07. The molecule has 0 spiro atoms. The maximum Gasteiger partial charge on any atom is 0.258 e. The van der Waals surface area contributed by atoms with Gasteiger partial charge in [0.1, 0.15) is 0 Å². The van der Waals surface area contributed by atoms with Gasteiger partial charge >= 0.3 is 0 Å². The average molecular weight is 384 g/mol. The van der Waals surface area contributed by atoms with Crippen LogP contribution in [0.5, 0.6) is 0 Å². The zero-order valence-corrected chi connectivity index (χ0v) is 15.9. The lowest BCUT2D eigenvalue weighted by Crippen LogP contribution is -2.14. The van der Waals surface area contributed by atoms with E-state index >= 15 is 0 Å². The second-order valence-electron chi connectivity index (χ2n) is 6.45. The minimum atomic E-state index is -0.246. The minimum Gasteiger partial charge on any atom is -0.348 e. The fourth-order valence-corrected chi connectivity index (χ4v) is 2.90. The van der Waals surface area contributed by atoms with Gasteiger partial charge in [-0.05, 0) is 42.8 Å². The first-order valence-electron chi connectivity index (χ1n) is 9.24. The zero-order valence-electron chi connectivity index (χ0n) is 15.9. The molecule has 4 aromatic rings. The van der Waals surface area contributed by atoms with Gasteiger partial charge < -0.3 is 5.32 Å². The number of aromatic nitrogens is 4. The van der Waals surface area contributed by atoms with Gasteiger partial charge in [0.25, 0.3) is 11.9 Å². The van der Waals surface area contributed by atoms with E-state index in [0.29, 0.717) is 18.1 Å². The predicted octanol–water partition coefficient (Wildman–Crippen LogP) is 3.84. The van der Waals surface area contributed by atoms with Crippen LogP contribution < -0.4 is 10.6 Å². The lowest BCUT2D eigenvalue weighted by molar-refractivity contribution is 0.102. The number of benzene rings is 2. The second kappa shape index (κ2) is 8.35.